The minimum atomic E-state index is -0.247. The first-order valence-corrected chi connectivity index (χ1v) is 9.03. The lowest BCUT2D eigenvalue weighted by Crippen LogP contribution is -2.32. The third kappa shape index (κ3) is 3.10. The molecule has 1 fully saturated rings. The zero-order chi connectivity index (χ0) is 18.1. The molecule has 4 rings (SSSR count). The van der Waals surface area contributed by atoms with Crippen LogP contribution < -0.4 is 5.32 Å². The smallest absolute Gasteiger partial charge is 0.256 e. The molecule has 26 heavy (non-hydrogen) atoms. The Morgan fingerprint density at radius 2 is 2.08 bits per heavy atom. The van der Waals surface area contributed by atoms with E-state index in [9.17, 15) is 9.59 Å². The first-order valence-electron chi connectivity index (χ1n) is 9.03. The molecular weight excluding hydrogens is 328 g/mol. The molecule has 0 bridgehead atoms. The van der Waals surface area contributed by atoms with E-state index in [1.165, 1.54) is 0 Å². The van der Waals surface area contributed by atoms with Gasteiger partial charge in [0.25, 0.3) is 11.8 Å². The van der Waals surface area contributed by atoms with Crippen LogP contribution in [0.5, 0.6) is 0 Å². The molecule has 2 aromatic carbocycles. The van der Waals surface area contributed by atoms with Gasteiger partial charge in [0.05, 0.1) is 17.2 Å². The maximum atomic E-state index is 12.9. The van der Waals surface area contributed by atoms with Crippen LogP contribution in [0.3, 0.4) is 0 Å². The molecule has 1 saturated heterocycles. The van der Waals surface area contributed by atoms with Crippen molar-refractivity contribution < 1.29 is 14.3 Å². The van der Waals surface area contributed by atoms with Crippen molar-refractivity contribution >= 4 is 17.5 Å². The van der Waals surface area contributed by atoms with E-state index in [-0.39, 0.29) is 17.9 Å². The second kappa shape index (κ2) is 6.92. The van der Waals surface area contributed by atoms with Crippen LogP contribution >= 0.6 is 0 Å². The SMILES string of the molecule is Cc1ccccc1NC(=O)c1cccc2c1C(=O)N(C[C@H]1CCCO1)C2. The highest BCUT2D eigenvalue weighted by atomic mass is 16.5. The highest BCUT2D eigenvalue weighted by Crippen LogP contribution is 2.28. The average molecular weight is 350 g/mol. The Morgan fingerprint density at radius 3 is 2.85 bits per heavy atom. The van der Waals surface area contributed by atoms with Gasteiger partial charge in [-0.3, -0.25) is 9.59 Å². The van der Waals surface area contributed by atoms with Gasteiger partial charge in [-0.05, 0) is 43.0 Å². The van der Waals surface area contributed by atoms with E-state index in [2.05, 4.69) is 5.32 Å². The standard InChI is InChI=1S/C21H22N2O3/c1-14-6-2-3-10-18(14)22-20(24)17-9-4-7-15-12-23(21(25)19(15)17)13-16-8-5-11-26-16/h2-4,6-7,9-10,16H,5,8,11-13H2,1H3,(H,22,24)/t16-/m1/s1. The number of amides is 2. The molecule has 2 heterocycles. The predicted octanol–water partition coefficient (Wildman–Crippen LogP) is 3.38. The summed E-state index contributed by atoms with van der Waals surface area (Å²) in [6.07, 6.45) is 2.14. The predicted molar refractivity (Wildman–Crippen MR) is 99.3 cm³/mol. The Kier molecular flexibility index (Phi) is 4.47. The lowest BCUT2D eigenvalue weighted by atomic mass is 10.0. The van der Waals surface area contributed by atoms with Gasteiger partial charge in [0.1, 0.15) is 0 Å². The summed E-state index contributed by atoms with van der Waals surface area (Å²) in [7, 11) is 0. The number of para-hydroxylation sites is 1. The van der Waals surface area contributed by atoms with Crippen molar-refractivity contribution in [1.29, 1.82) is 0 Å². The van der Waals surface area contributed by atoms with E-state index in [0.29, 0.717) is 24.2 Å². The topological polar surface area (TPSA) is 58.6 Å². The number of ether oxygens (including phenoxy) is 1. The van der Waals surface area contributed by atoms with E-state index in [1.54, 1.807) is 11.0 Å². The minimum Gasteiger partial charge on any atom is -0.376 e. The largest absolute Gasteiger partial charge is 0.376 e. The number of benzene rings is 2. The van der Waals surface area contributed by atoms with Gasteiger partial charge in [-0.1, -0.05) is 30.3 Å². The summed E-state index contributed by atoms with van der Waals surface area (Å²) in [6.45, 7) is 3.84. The fraction of sp³-hybridized carbons (Fsp3) is 0.333. The number of aryl methyl sites for hydroxylation is 1. The van der Waals surface area contributed by atoms with Gasteiger partial charge in [0.2, 0.25) is 0 Å². The van der Waals surface area contributed by atoms with Crippen molar-refractivity contribution in [3.8, 4) is 0 Å². The summed E-state index contributed by atoms with van der Waals surface area (Å²) in [5.41, 5.74) is 3.61. The van der Waals surface area contributed by atoms with Crippen LogP contribution in [0.15, 0.2) is 42.5 Å². The summed E-state index contributed by atoms with van der Waals surface area (Å²) in [4.78, 5) is 27.5. The Hall–Kier alpha value is -2.66. The number of hydrogen-bond acceptors (Lipinski definition) is 3. The maximum absolute atomic E-state index is 12.9. The highest BCUT2D eigenvalue weighted by molar-refractivity contribution is 6.13. The summed E-state index contributed by atoms with van der Waals surface area (Å²) >= 11 is 0. The van der Waals surface area contributed by atoms with Crippen molar-refractivity contribution in [2.24, 2.45) is 0 Å². The zero-order valence-electron chi connectivity index (χ0n) is 14.8. The molecule has 5 nitrogen and oxygen atoms in total. The molecule has 0 radical (unpaired) electrons. The Balaban J connectivity index is 1.57. The van der Waals surface area contributed by atoms with Gasteiger partial charge in [-0.2, -0.15) is 0 Å². The van der Waals surface area contributed by atoms with Gasteiger partial charge < -0.3 is 15.0 Å². The molecule has 2 aliphatic rings. The van der Waals surface area contributed by atoms with E-state index in [4.69, 9.17) is 4.74 Å². The van der Waals surface area contributed by atoms with Gasteiger partial charge >= 0.3 is 0 Å². The molecule has 0 aromatic heterocycles. The number of anilines is 1. The fourth-order valence-corrected chi connectivity index (χ4v) is 3.69. The summed E-state index contributed by atoms with van der Waals surface area (Å²) < 4.78 is 5.66. The third-order valence-corrected chi connectivity index (χ3v) is 5.10. The van der Waals surface area contributed by atoms with Crippen LogP contribution in [0.25, 0.3) is 0 Å². The Bertz CT molecular complexity index is 856. The first kappa shape index (κ1) is 16.8. The molecule has 0 spiro atoms. The van der Waals surface area contributed by atoms with E-state index in [0.717, 1.165) is 36.3 Å². The fourth-order valence-electron chi connectivity index (χ4n) is 3.69. The van der Waals surface area contributed by atoms with E-state index in [1.807, 2.05) is 43.3 Å². The summed E-state index contributed by atoms with van der Waals surface area (Å²) in [5, 5.41) is 2.93. The van der Waals surface area contributed by atoms with Crippen LogP contribution in [0.4, 0.5) is 5.69 Å². The third-order valence-electron chi connectivity index (χ3n) is 5.10. The van der Waals surface area contributed by atoms with Crippen LogP contribution in [0.1, 0.15) is 44.7 Å². The lowest BCUT2D eigenvalue weighted by molar-refractivity contribution is 0.0544. The number of nitrogens with zero attached hydrogens (tertiary/aromatic N) is 1. The molecule has 5 heteroatoms. The number of fused-ring (bicyclic) bond motifs is 1. The second-order valence-electron chi connectivity index (χ2n) is 6.93. The average Bonchev–Trinajstić information content (AvgIpc) is 3.26. The van der Waals surface area contributed by atoms with Crippen molar-refractivity contribution in [3.63, 3.8) is 0 Å². The second-order valence-corrected chi connectivity index (χ2v) is 6.93. The van der Waals surface area contributed by atoms with Crippen LogP contribution in [-0.4, -0.2) is 36.0 Å². The van der Waals surface area contributed by atoms with Gasteiger partial charge in [0, 0.05) is 25.4 Å². The zero-order valence-corrected chi connectivity index (χ0v) is 14.8. The molecule has 2 aromatic rings. The van der Waals surface area contributed by atoms with Gasteiger partial charge in [-0.25, -0.2) is 0 Å². The van der Waals surface area contributed by atoms with E-state index < -0.39 is 0 Å². The number of hydrogen-bond donors (Lipinski definition) is 1. The number of carbonyl (C=O) groups excluding carboxylic acids is 2. The lowest BCUT2D eigenvalue weighted by Gasteiger charge is -2.19. The molecule has 2 aliphatic heterocycles. The minimum absolute atomic E-state index is 0.0777. The molecule has 1 atom stereocenters. The Morgan fingerprint density at radius 1 is 1.23 bits per heavy atom. The molecule has 0 saturated carbocycles. The maximum Gasteiger partial charge on any atom is 0.256 e. The molecule has 2 amide bonds. The van der Waals surface area contributed by atoms with Crippen LogP contribution in [0.2, 0.25) is 0 Å². The van der Waals surface area contributed by atoms with Gasteiger partial charge in [0.15, 0.2) is 0 Å². The number of nitrogens with one attached hydrogen (secondary N) is 1. The quantitative estimate of drug-likeness (QED) is 0.920. The van der Waals surface area contributed by atoms with Crippen molar-refractivity contribution in [3.05, 3.63) is 64.7 Å². The van der Waals surface area contributed by atoms with Crippen molar-refractivity contribution in [2.75, 3.05) is 18.5 Å². The summed E-state index contributed by atoms with van der Waals surface area (Å²) in [5.74, 6) is -0.325. The van der Waals surface area contributed by atoms with Crippen LogP contribution in [0, 0.1) is 6.92 Å². The molecular formula is C21H22N2O3. The van der Waals surface area contributed by atoms with Crippen LogP contribution in [-0.2, 0) is 11.3 Å². The van der Waals surface area contributed by atoms with Crippen molar-refractivity contribution in [2.45, 2.75) is 32.4 Å². The Labute approximate surface area is 153 Å². The van der Waals surface area contributed by atoms with E-state index >= 15 is 0 Å². The molecule has 0 aliphatic carbocycles. The number of rotatable bonds is 4. The summed E-state index contributed by atoms with van der Waals surface area (Å²) in [6, 6.07) is 13.1. The monoisotopic (exact) mass is 350 g/mol. The first-order chi connectivity index (χ1) is 12.6. The molecule has 134 valence electrons. The normalized spacial score (nSPS) is 18.9. The van der Waals surface area contributed by atoms with Gasteiger partial charge in [-0.15, -0.1) is 0 Å². The molecule has 0 unspecified atom stereocenters. The molecule has 1 N–H and O–H groups in total. The highest BCUT2D eigenvalue weighted by Gasteiger charge is 2.33. The number of carbonyl (C=O) groups is 2. The van der Waals surface area contributed by atoms with Crippen molar-refractivity contribution in [1.82, 2.24) is 4.90 Å².